The van der Waals surface area contributed by atoms with Crippen molar-refractivity contribution in [1.29, 1.82) is 0 Å². The summed E-state index contributed by atoms with van der Waals surface area (Å²) in [5.74, 6) is 1.52. The van der Waals surface area contributed by atoms with E-state index < -0.39 is 11.7 Å². The van der Waals surface area contributed by atoms with E-state index in [1.54, 1.807) is 23.1 Å². The second kappa shape index (κ2) is 10.4. The Balaban J connectivity index is 1.49. The molecule has 1 aromatic heterocycles. The third kappa shape index (κ3) is 5.53. The number of aryl methyl sites for hydroxylation is 1. The molecule has 1 fully saturated rings. The van der Waals surface area contributed by atoms with Gasteiger partial charge in [0.05, 0.1) is 17.9 Å². The largest absolute Gasteiger partial charge is 0.492 e. The van der Waals surface area contributed by atoms with Crippen LogP contribution < -0.4 is 15.0 Å². The van der Waals surface area contributed by atoms with E-state index in [2.05, 4.69) is 15.3 Å². The number of nitrogens with zero attached hydrogens (tertiary/aromatic N) is 4. The lowest BCUT2D eigenvalue weighted by atomic mass is 10.1. The van der Waals surface area contributed by atoms with Gasteiger partial charge in [0.1, 0.15) is 11.6 Å². The Kier molecular flexibility index (Phi) is 7.32. The number of carbonyl (C=O) groups is 1. The fourth-order valence-corrected chi connectivity index (χ4v) is 4.05. The fraction of sp³-hybridized carbons (Fsp3) is 0.346. The standard InChI is InChI=1S/C26H28F3N5O2/c1-4-36-22-11-6-5-10-21(22)31-25(35)34-14-12-33(13-15-34)24-17(2)18(3)30-23(32-24)19-8-7-9-20(16-19)26(27,28)29/h5-11,16H,4,12-15H2,1-3H3,(H,31,35). The second-order valence-corrected chi connectivity index (χ2v) is 8.49. The summed E-state index contributed by atoms with van der Waals surface area (Å²) in [5.41, 5.74) is 1.73. The highest BCUT2D eigenvalue weighted by Gasteiger charge is 2.31. The maximum absolute atomic E-state index is 13.2. The zero-order valence-corrected chi connectivity index (χ0v) is 20.4. The van der Waals surface area contributed by atoms with Crippen LogP contribution >= 0.6 is 0 Å². The molecule has 36 heavy (non-hydrogen) atoms. The molecule has 7 nitrogen and oxygen atoms in total. The molecule has 0 atom stereocenters. The molecule has 3 aromatic rings. The molecule has 1 aliphatic heterocycles. The van der Waals surface area contributed by atoms with E-state index in [1.165, 1.54) is 6.07 Å². The van der Waals surface area contributed by atoms with Crippen LogP contribution in [0.1, 0.15) is 23.7 Å². The predicted molar refractivity (Wildman–Crippen MR) is 132 cm³/mol. The Labute approximate surface area is 207 Å². The number of halogens is 3. The van der Waals surface area contributed by atoms with Crippen LogP contribution in [-0.4, -0.2) is 53.7 Å². The Morgan fingerprint density at radius 2 is 1.75 bits per heavy atom. The summed E-state index contributed by atoms with van der Waals surface area (Å²) < 4.78 is 45.2. The molecule has 0 unspecified atom stereocenters. The summed E-state index contributed by atoms with van der Waals surface area (Å²) >= 11 is 0. The molecule has 0 saturated carbocycles. The Morgan fingerprint density at radius 3 is 2.44 bits per heavy atom. The van der Waals surface area contributed by atoms with Gasteiger partial charge in [-0.05, 0) is 45.0 Å². The first kappa shape index (κ1) is 25.3. The van der Waals surface area contributed by atoms with E-state index in [4.69, 9.17) is 4.74 Å². The maximum Gasteiger partial charge on any atom is 0.416 e. The summed E-state index contributed by atoms with van der Waals surface area (Å²) in [5, 5.41) is 2.91. The highest BCUT2D eigenvalue weighted by atomic mass is 19.4. The summed E-state index contributed by atoms with van der Waals surface area (Å²) in [6.07, 6.45) is -4.45. The van der Waals surface area contributed by atoms with Crippen molar-refractivity contribution in [3.8, 4) is 17.1 Å². The van der Waals surface area contributed by atoms with Crippen LogP contribution in [0.15, 0.2) is 48.5 Å². The number of para-hydroxylation sites is 2. The van der Waals surface area contributed by atoms with Gasteiger partial charge in [0.2, 0.25) is 0 Å². The molecule has 1 saturated heterocycles. The Hall–Kier alpha value is -3.82. The first-order chi connectivity index (χ1) is 17.2. The van der Waals surface area contributed by atoms with Crippen molar-refractivity contribution in [2.45, 2.75) is 26.9 Å². The maximum atomic E-state index is 13.2. The van der Waals surface area contributed by atoms with Crippen LogP contribution in [0.5, 0.6) is 5.75 Å². The number of hydrogen-bond acceptors (Lipinski definition) is 5. The number of nitrogens with one attached hydrogen (secondary N) is 1. The fourth-order valence-electron chi connectivity index (χ4n) is 4.05. The molecule has 10 heteroatoms. The Morgan fingerprint density at radius 1 is 1.03 bits per heavy atom. The van der Waals surface area contributed by atoms with Gasteiger partial charge in [0.15, 0.2) is 5.82 Å². The molecule has 1 N–H and O–H groups in total. The SMILES string of the molecule is CCOc1ccccc1NC(=O)N1CCN(c2nc(-c3cccc(C(F)(F)F)c3)nc(C)c2C)CC1. The highest BCUT2D eigenvalue weighted by Crippen LogP contribution is 2.32. The topological polar surface area (TPSA) is 70.6 Å². The molecule has 2 heterocycles. The van der Waals surface area contributed by atoms with Gasteiger partial charge in [0, 0.05) is 43.0 Å². The minimum Gasteiger partial charge on any atom is -0.492 e. The molecule has 0 aliphatic carbocycles. The van der Waals surface area contributed by atoms with Crippen LogP contribution in [0.25, 0.3) is 11.4 Å². The number of rotatable bonds is 5. The van der Waals surface area contributed by atoms with E-state index >= 15 is 0 Å². The smallest absolute Gasteiger partial charge is 0.416 e. The number of benzene rings is 2. The third-order valence-corrected chi connectivity index (χ3v) is 6.11. The molecule has 190 valence electrons. The summed E-state index contributed by atoms with van der Waals surface area (Å²) in [6, 6.07) is 12.1. The van der Waals surface area contributed by atoms with Crippen molar-refractivity contribution < 1.29 is 22.7 Å². The molecule has 4 rings (SSSR count). The average Bonchev–Trinajstić information content (AvgIpc) is 2.86. The zero-order valence-electron chi connectivity index (χ0n) is 20.4. The van der Waals surface area contributed by atoms with Gasteiger partial charge in [-0.15, -0.1) is 0 Å². The van der Waals surface area contributed by atoms with Gasteiger partial charge in [-0.25, -0.2) is 14.8 Å². The van der Waals surface area contributed by atoms with Gasteiger partial charge in [-0.2, -0.15) is 13.2 Å². The molecule has 1 aliphatic rings. The van der Waals surface area contributed by atoms with Crippen LogP contribution in [0, 0.1) is 13.8 Å². The number of carbonyl (C=O) groups excluding carboxylic acids is 1. The van der Waals surface area contributed by atoms with E-state index in [-0.39, 0.29) is 11.9 Å². The van der Waals surface area contributed by atoms with Crippen LogP contribution in [0.4, 0.5) is 29.5 Å². The monoisotopic (exact) mass is 499 g/mol. The third-order valence-electron chi connectivity index (χ3n) is 6.11. The van der Waals surface area contributed by atoms with Crippen molar-refractivity contribution in [1.82, 2.24) is 14.9 Å². The van der Waals surface area contributed by atoms with Crippen molar-refractivity contribution in [3.63, 3.8) is 0 Å². The first-order valence-electron chi connectivity index (χ1n) is 11.7. The predicted octanol–water partition coefficient (Wildman–Crippen LogP) is 5.53. The summed E-state index contributed by atoms with van der Waals surface area (Å²) in [7, 11) is 0. The number of piperazine rings is 1. The quantitative estimate of drug-likeness (QED) is 0.500. The van der Waals surface area contributed by atoms with E-state index in [9.17, 15) is 18.0 Å². The molecule has 2 amide bonds. The van der Waals surface area contributed by atoms with Crippen molar-refractivity contribution in [3.05, 3.63) is 65.4 Å². The second-order valence-electron chi connectivity index (χ2n) is 8.49. The minimum atomic E-state index is -4.45. The highest BCUT2D eigenvalue weighted by molar-refractivity contribution is 5.91. The van der Waals surface area contributed by atoms with Crippen LogP contribution in [-0.2, 0) is 6.18 Å². The van der Waals surface area contributed by atoms with Gasteiger partial charge in [-0.3, -0.25) is 0 Å². The Bertz CT molecular complexity index is 1240. The number of urea groups is 1. The number of alkyl halides is 3. The molecular formula is C26H28F3N5O2. The number of amides is 2. The van der Waals surface area contributed by atoms with Crippen molar-refractivity contribution >= 4 is 17.5 Å². The molecule has 0 radical (unpaired) electrons. The lowest BCUT2D eigenvalue weighted by molar-refractivity contribution is -0.137. The summed E-state index contributed by atoms with van der Waals surface area (Å²) in [6.45, 7) is 8.06. The number of hydrogen-bond donors (Lipinski definition) is 1. The van der Waals surface area contributed by atoms with Gasteiger partial charge in [0.25, 0.3) is 0 Å². The van der Waals surface area contributed by atoms with Crippen molar-refractivity contribution in [2.24, 2.45) is 0 Å². The lowest BCUT2D eigenvalue weighted by Gasteiger charge is -2.36. The number of aromatic nitrogens is 2. The van der Waals surface area contributed by atoms with E-state index in [0.29, 0.717) is 61.3 Å². The van der Waals surface area contributed by atoms with E-state index in [0.717, 1.165) is 17.7 Å². The molecule has 0 spiro atoms. The molecular weight excluding hydrogens is 471 g/mol. The van der Waals surface area contributed by atoms with Gasteiger partial charge < -0.3 is 19.9 Å². The first-order valence-corrected chi connectivity index (χ1v) is 11.7. The molecule has 0 bridgehead atoms. The average molecular weight is 500 g/mol. The summed E-state index contributed by atoms with van der Waals surface area (Å²) in [4.78, 5) is 25.7. The van der Waals surface area contributed by atoms with Gasteiger partial charge >= 0.3 is 12.2 Å². The minimum absolute atomic E-state index is 0.220. The van der Waals surface area contributed by atoms with E-state index in [1.807, 2.05) is 37.8 Å². The zero-order chi connectivity index (χ0) is 25.9. The lowest BCUT2D eigenvalue weighted by Crippen LogP contribution is -2.50. The number of anilines is 2. The normalized spacial score (nSPS) is 14.1. The molecule has 2 aromatic carbocycles. The van der Waals surface area contributed by atoms with Crippen LogP contribution in [0.2, 0.25) is 0 Å². The van der Waals surface area contributed by atoms with Crippen LogP contribution in [0.3, 0.4) is 0 Å². The van der Waals surface area contributed by atoms with Crippen molar-refractivity contribution in [2.75, 3.05) is 43.0 Å². The number of ether oxygens (including phenoxy) is 1. The van der Waals surface area contributed by atoms with Gasteiger partial charge in [-0.1, -0.05) is 24.3 Å².